The third-order valence-corrected chi connectivity index (χ3v) is 3.10. The molecule has 0 radical (unpaired) electrons. The molecule has 0 aliphatic rings. The predicted octanol–water partition coefficient (Wildman–Crippen LogP) is 3.61. The van der Waals surface area contributed by atoms with Crippen LogP contribution in [0.1, 0.15) is 51.6 Å². The second-order valence-corrected chi connectivity index (χ2v) is 4.94. The lowest BCUT2D eigenvalue weighted by Gasteiger charge is -2.09. The fraction of sp³-hybridized carbons (Fsp3) is 0.800. The van der Waals surface area contributed by atoms with Gasteiger partial charge in [-0.2, -0.15) is 0 Å². The van der Waals surface area contributed by atoms with Crippen LogP contribution in [-0.2, 0) is 11.3 Å². The van der Waals surface area contributed by atoms with Gasteiger partial charge in [-0.25, -0.2) is 4.98 Å². The van der Waals surface area contributed by atoms with Crippen molar-refractivity contribution >= 4 is 5.95 Å². The number of aryl methyl sites for hydroxylation is 2. The monoisotopic (exact) mass is 267 g/mol. The molecule has 1 rings (SSSR count). The summed E-state index contributed by atoms with van der Waals surface area (Å²) in [6, 6.07) is 0. The van der Waals surface area contributed by atoms with E-state index in [-0.39, 0.29) is 0 Å². The van der Waals surface area contributed by atoms with Gasteiger partial charge >= 0.3 is 0 Å². The lowest BCUT2D eigenvalue weighted by molar-refractivity contribution is 0.142. The maximum absolute atomic E-state index is 5.37. The molecule has 4 heteroatoms. The largest absolute Gasteiger partial charge is 0.382 e. The van der Waals surface area contributed by atoms with Gasteiger partial charge in [-0.15, -0.1) is 0 Å². The number of hydrogen-bond donors (Lipinski definition) is 1. The average molecular weight is 267 g/mol. The lowest BCUT2D eigenvalue weighted by Crippen LogP contribution is -2.10. The number of imidazole rings is 1. The van der Waals surface area contributed by atoms with Crippen LogP contribution in [0.15, 0.2) is 6.20 Å². The van der Waals surface area contributed by atoms with E-state index in [0.29, 0.717) is 0 Å². The first-order chi connectivity index (χ1) is 9.27. The van der Waals surface area contributed by atoms with Crippen LogP contribution in [0, 0.1) is 6.92 Å². The number of anilines is 1. The van der Waals surface area contributed by atoms with E-state index in [1.807, 2.05) is 13.8 Å². The maximum atomic E-state index is 5.37. The predicted molar refractivity (Wildman–Crippen MR) is 80.7 cm³/mol. The zero-order valence-electron chi connectivity index (χ0n) is 12.7. The zero-order chi connectivity index (χ0) is 13.9. The molecule has 0 aromatic carbocycles. The Labute approximate surface area is 117 Å². The molecular weight excluding hydrogens is 238 g/mol. The van der Waals surface area contributed by atoms with Crippen LogP contribution in [-0.4, -0.2) is 29.3 Å². The van der Waals surface area contributed by atoms with Gasteiger partial charge in [-0.3, -0.25) is 0 Å². The van der Waals surface area contributed by atoms with Gasteiger partial charge in [0.2, 0.25) is 5.95 Å². The molecule has 0 aliphatic heterocycles. The van der Waals surface area contributed by atoms with Crippen molar-refractivity contribution in [1.29, 1.82) is 0 Å². The Morgan fingerprint density at radius 3 is 2.79 bits per heavy atom. The van der Waals surface area contributed by atoms with Crippen LogP contribution in [0.25, 0.3) is 0 Å². The number of aromatic nitrogens is 2. The summed E-state index contributed by atoms with van der Waals surface area (Å²) >= 11 is 0. The smallest absolute Gasteiger partial charge is 0.203 e. The third kappa shape index (κ3) is 6.62. The van der Waals surface area contributed by atoms with Gasteiger partial charge in [0.25, 0.3) is 0 Å². The first-order valence-electron chi connectivity index (χ1n) is 7.63. The van der Waals surface area contributed by atoms with Gasteiger partial charge in [0.15, 0.2) is 0 Å². The van der Waals surface area contributed by atoms with Crippen molar-refractivity contribution in [3.05, 3.63) is 11.9 Å². The van der Waals surface area contributed by atoms with Crippen molar-refractivity contribution in [2.24, 2.45) is 0 Å². The first kappa shape index (κ1) is 16.0. The number of hydrogen-bond acceptors (Lipinski definition) is 3. The highest BCUT2D eigenvalue weighted by molar-refractivity contribution is 5.28. The average Bonchev–Trinajstić information content (AvgIpc) is 2.75. The van der Waals surface area contributed by atoms with Gasteiger partial charge in [-0.1, -0.05) is 26.2 Å². The molecule has 1 aromatic rings. The molecule has 1 heterocycles. The first-order valence-corrected chi connectivity index (χ1v) is 7.63. The number of unbranched alkanes of at least 4 members (excludes halogenated alkanes) is 3. The van der Waals surface area contributed by atoms with E-state index in [0.717, 1.165) is 44.4 Å². The van der Waals surface area contributed by atoms with E-state index < -0.39 is 0 Å². The highest BCUT2D eigenvalue weighted by Crippen LogP contribution is 2.10. The number of nitrogens with zero attached hydrogens (tertiary/aromatic N) is 2. The van der Waals surface area contributed by atoms with Gasteiger partial charge < -0.3 is 14.6 Å². The molecule has 19 heavy (non-hydrogen) atoms. The fourth-order valence-corrected chi connectivity index (χ4v) is 2.09. The molecule has 0 unspecified atom stereocenters. The van der Waals surface area contributed by atoms with Crippen LogP contribution in [0.3, 0.4) is 0 Å². The Balaban J connectivity index is 2.31. The van der Waals surface area contributed by atoms with Gasteiger partial charge in [0, 0.05) is 32.5 Å². The van der Waals surface area contributed by atoms with E-state index >= 15 is 0 Å². The molecule has 0 aliphatic carbocycles. The van der Waals surface area contributed by atoms with E-state index in [2.05, 4.69) is 28.0 Å². The topological polar surface area (TPSA) is 39.1 Å². The van der Waals surface area contributed by atoms with Crippen molar-refractivity contribution in [3.63, 3.8) is 0 Å². The molecular formula is C15H29N3O. The lowest BCUT2D eigenvalue weighted by atomic mass is 10.2. The normalized spacial score (nSPS) is 10.9. The van der Waals surface area contributed by atoms with E-state index in [4.69, 9.17) is 4.74 Å². The van der Waals surface area contributed by atoms with Gasteiger partial charge in [-0.05, 0) is 26.7 Å². The fourth-order valence-electron chi connectivity index (χ4n) is 2.09. The SMILES string of the molecule is CCCCCCNc1nc(C)cn1CCCOCC. The summed E-state index contributed by atoms with van der Waals surface area (Å²) in [5.74, 6) is 1.01. The van der Waals surface area contributed by atoms with E-state index in [1.165, 1.54) is 25.7 Å². The zero-order valence-corrected chi connectivity index (χ0v) is 12.7. The van der Waals surface area contributed by atoms with Crippen molar-refractivity contribution < 1.29 is 4.74 Å². The summed E-state index contributed by atoms with van der Waals surface area (Å²) in [4.78, 5) is 4.54. The number of nitrogens with one attached hydrogen (secondary N) is 1. The number of ether oxygens (including phenoxy) is 1. The Hall–Kier alpha value is -1.03. The molecule has 0 saturated heterocycles. The Morgan fingerprint density at radius 2 is 2.05 bits per heavy atom. The van der Waals surface area contributed by atoms with Crippen LogP contribution < -0.4 is 5.32 Å². The quantitative estimate of drug-likeness (QED) is 0.622. The molecule has 0 spiro atoms. The number of rotatable bonds is 11. The van der Waals surface area contributed by atoms with Crippen molar-refractivity contribution in [1.82, 2.24) is 9.55 Å². The molecule has 0 bridgehead atoms. The maximum Gasteiger partial charge on any atom is 0.203 e. The summed E-state index contributed by atoms with van der Waals surface area (Å²) in [5, 5.41) is 3.44. The van der Waals surface area contributed by atoms with Crippen LogP contribution >= 0.6 is 0 Å². The Bertz CT molecular complexity index is 336. The molecule has 0 amide bonds. The Kier molecular flexibility index (Phi) is 8.30. The highest BCUT2D eigenvalue weighted by Gasteiger charge is 2.04. The molecule has 0 saturated carbocycles. The van der Waals surface area contributed by atoms with Crippen LogP contribution in [0.2, 0.25) is 0 Å². The second-order valence-electron chi connectivity index (χ2n) is 4.94. The molecule has 1 N–H and O–H groups in total. The minimum absolute atomic E-state index is 0.797. The van der Waals surface area contributed by atoms with Crippen molar-refractivity contribution in [3.8, 4) is 0 Å². The van der Waals surface area contributed by atoms with Gasteiger partial charge in [0.1, 0.15) is 0 Å². The minimum atomic E-state index is 0.797. The summed E-state index contributed by atoms with van der Waals surface area (Å²) in [6.45, 7) is 9.92. The molecule has 0 atom stereocenters. The van der Waals surface area contributed by atoms with Crippen molar-refractivity contribution in [2.45, 2.75) is 59.4 Å². The summed E-state index contributed by atoms with van der Waals surface area (Å²) < 4.78 is 7.58. The summed E-state index contributed by atoms with van der Waals surface area (Å²) in [7, 11) is 0. The summed E-state index contributed by atoms with van der Waals surface area (Å²) in [6.07, 6.45) is 8.27. The highest BCUT2D eigenvalue weighted by atomic mass is 16.5. The molecule has 0 fully saturated rings. The van der Waals surface area contributed by atoms with Crippen LogP contribution in [0.4, 0.5) is 5.95 Å². The molecule has 1 aromatic heterocycles. The van der Waals surface area contributed by atoms with Gasteiger partial charge in [0.05, 0.1) is 5.69 Å². The minimum Gasteiger partial charge on any atom is -0.382 e. The van der Waals surface area contributed by atoms with Crippen molar-refractivity contribution in [2.75, 3.05) is 25.1 Å². The molecule has 110 valence electrons. The molecule has 4 nitrogen and oxygen atoms in total. The van der Waals surface area contributed by atoms with Crippen LogP contribution in [0.5, 0.6) is 0 Å². The third-order valence-electron chi connectivity index (χ3n) is 3.10. The standard InChI is InChI=1S/C15H29N3O/c1-4-6-7-8-10-16-15-17-14(3)13-18(15)11-9-12-19-5-2/h13H,4-12H2,1-3H3,(H,16,17). The van der Waals surface area contributed by atoms with E-state index in [9.17, 15) is 0 Å². The summed E-state index contributed by atoms with van der Waals surface area (Å²) in [5.41, 5.74) is 1.08. The Morgan fingerprint density at radius 1 is 1.21 bits per heavy atom. The van der Waals surface area contributed by atoms with E-state index in [1.54, 1.807) is 0 Å². The second kappa shape index (κ2) is 9.84.